The molecule has 0 spiro atoms. The topological polar surface area (TPSA) is 73.6 Å². The molecule has 19 heavy (non-hydrogen) atoms. The lowest BCUT2D eigenvalue weighted by atomic mass is 9.98. The van der Waals surface area contributed by atoms with Gasteiger partial charge in [-0.05, 0) is 17.9 Å². The molecule has 104 valence electrons. The van der Waals surface area contributed by atoms with E-state index >= 15 is 0 Å². The Labute approximate surface area is 113 Å². The standard InChI is InChI=1S/C14H20N2O3/c1-8(2)9(3)6-16-14(17)10-4-12-13(5-11(10)15)19-7-18-12/h4-5,8-9H,6-7,15H2,1-3H3,(H,16,17). The number of benzene rings is 1. The third kappa shape index (κ3) is 2.92. The Morgan fingerprint density at radius 3 is 2.58 bits per heavy atom. The van der Waals surface area contributed by atoms with Gasteiger partial charge in [-0.1, -0.05) is 20.8 Å². The fourth-order valence-electron chi connectivity index (χ4n) is 1.74. The maximum Gasteiger partial charge on any atom is 0.253 e. The number of hydrogen-bond acceptors (Lipinski definition) is 4. The highest BCUT2D eigenvalue weighted by Crippen LogP contribution is 2.35. The van der Waals surface area contributed by atoms with Crippen LogP contribution in [-0.2, 0) is 0 Å². The average Bonchev–Trinajstić information content (AvgIpc) is 2.81. The highest BCUT2D eigenvalue weighted by molar-refractivity contribution is 6.00. The summed E-state index contributed by atoms with van der Waals surface area (Å²) < 4.78 is 10.5. The van der Waals surface area contributed by atoms with E-state index in [1.807, 2.05) is 0 Å². The fraction of sp³-hybridized carbons (Fsp3) is 0.500. The van der Waals surface area contributed by atoms with Gasteiger partial charge in [0.05, 0.1) is 5.56 Å². The van der Waals surface area contributed by atoms with Crippen molar-refractivity contribution in [2.24, 2.45) is 11.8 Å². The van der Waals surface area contributed by atoms with Gasteiger partial charge >= 0.3 is 0 Å². The Balaban J connectivity index is 2.07. The Bertz CT molecular complexity index is 486. The SMILES string of the molecule is CC(C)C(C)CNC(=O)c1cc2c(cc1N)OCO2. The lowest BCUT2D eigenvalue weighted by molar-refractivity contribution is 0.0945. The predicted molar refractivity (Wildman–Crippen MR) is 73.3 cm³/mol. The van der Waals surface area contributed by atoms with Crippen LogP contribution in [0.5, 0.6) is 11.5 Å². The van der Waals surface area contributed by atoms with Crippen LogP contribution < -0.4 is 20.5 Å². The van der Waals surface area contributed by atoms with Crippen molar-refractivity contribution >= 4 is 11.6 Å². The minimum atomic E-state index is -0.177. The van der Waals surface area contributed by atoms with Crippen LogP contribution in [0.25, 0.3) is 0 Å². The molecule has 0 saturated carbocycles. The molecule has 0 aromatic heterocycles. The van der Waals surface area contributed by atoms with Crippen molar-refractivity contribution in [2.45, 2.75) is 20.8 Å². The third-order valence-corrected chi connectivity index (χ3v) is 3.51. The number of anilines is 1. The van der Waals surface area contributed by atoms with Crippen molar-refractivity contribution in [3.05, 3.63) is 17.7 Å². The van der Waals surface area contributed by atoms with Gasteiger partial charge < -0.3 is 20.5 Å². The van der Waals surface area contributed by atoms with Crippen LogP contribution in [0.4, 0.5) is 5.69 Å². The number of carbonyl (C=O) groups excluding carboxylic acids is 1. The minimum Gasteiger partial charge on any atom is -0.454 e. The minimum absolute atomic E-state index is 0.171. The van der Waals surface area contributed by atoms with Crippen molar-refractivity contribution in [1.82, 2.24) is 5.32 Å². The van der Waals surface area contributed by atoms with Gasteiger partial charge in [0, 0.05) is 18.3 Å². The van der Waals surface area contributed by atoms with Gasteiger partial charge in [0.1, 0.15) is 0 Å². The van der Waals surface area contributed by atoms with Crippen molar-refractivity contribution in [3.63, 3.8) is 0 Å². The van der Waals surface area contributed by atoms with E-state index < -0.39 is 0 Å². The number of rotatable bonds is 4. The maximum absolute atomic E-state index is 12.1. The summed E-state index contributed by atoms with van der Waals surface area (Å²) in [6.45, 7) is 7.17. The molecule has 1 heterocycles. The maximum atomic E-state index is 12.1. The molecule has 1 amide bonds. The molecule has 2 rings (SSSR count). The summed E-state index contributed by atoms with van der Waals surface area (Å²) in [5.41, 5.74) is 6.70. The molecule has 1 aromatic carbocycles. The van der Waals surface area contributed by atoms with Gasteiger partial charge in [-0.25, -0.2) is 0 Å². The normalized spacial score (nSPS) is 14.5. The Kier molecular flexibility index (Phi) is 3.83. The highest BCUT2D eigenvalue weighted by atomic mass is 16.7. The van der Waals surface area contributed by atoms with Crippen LogP contribution in [-0.4, -0.2) is 19.2 Å². The van der Waals surface area contributed by atoms with Crippen LogP contribution in [0.2, 0.25) is 0 Å². The average molecular weight is 264 g/mol. The van der Waals surface area contributed by atoms with Crippen LogP contribution in [0.3, 0.4) is 0 Å². The first kappa shape index (κ1) is 13.5. The van der Waals surface area contributed by atoms with Crippen molar-refractivity contribution in [2.75, 3.05) is 19.1 Å². The number of nitrogen functional groups attached to an aromatic ring is 1. The first-order chi connectivity index (χ1) is 8.99. The second kappa shape index (κ2) is 5.38. The summed E-state index contributed by atoms with van der Waals surface area (Å²) in [4.78, 5) is 12.1. The second-order valence-corrected chi connectivity index (χ2v) is 5.22. The zero-order valence-corrected chi connectivity index (χ0v) is 11.5. The molecule has 0 saturated heterocycles. The van der Waals surface area contributed by atoms with Gasteiger partial charge in [-0.2, -0.15) is 0 Å². The van der Waals surface area contributed by atoms with E-state index in [0.29, 0.717) is 41.1 Å². The molecule has 1 aromatic rings. The molecular formula is C14H20N2O3. The van der Waals surface area contributed by atoms with E-state index in [1.54, 1.807) is 12.1 Å². The Hall–Kier alpha value is -1.91. The lowest BCUT2D eigenvalue weighted by Gasteiger charge is -2.16. The number of nitrogens with two attached hydrogens (primary N) is 1. The molecule has 1 atom stereocenters. The summed E-state index contributed by atoms with van der Waals surface area (Å²) in [5.74, 6) is 1.91. The summed E-state index contributed by atoms with van der Waals surface area (Å²) in [5, 5.41) is 2.90. The van der Waals surface area contributed by atoms with Crippen LogP contribution in [0.15, 0.2) is 12.1 Å². The molecule has 1 unspecified atom stereocenters. The van der Waals surface area contributed by atoms with Crippen LogP contribution in [0, 0.1) is 11.8 Å². The number of ether oxygens (including phenoxy) is 2. The van der Waals surface area contributed by atoms with Crippen molar-refractivity contribution in [3.8, 4) is 11.5 Å². The van der Waals surface area contributed by atoms with Crippen LogP contribution in [0.1, 0.15) is 31.1 Å². The zero-order chi connectivity index (χ0) is 14.0. The third-order valence-electron chi connectivity index (χ3n) is 3.51. The van der Waals surface area contributed by atoms with Crippen molar-refractivity contribution < 1.29 is 14.3 Å². The fourth-order valence-corrected chi connectivity index (χ4v) is 1.74. The van der Waals surface area contributed by atoms with Crippen molar-refractivity contribution in [1.29, 1.82) is 0 Å². The smallest absolute Gasteiger partial charge is 0.253 e. The number of hydrogen-bond donors (Lipinski definition) is 2. The Morgan fingerprint density at radius 1 is 1.32 bits per heavy atom. The number of carbonyl (C=O) groups is 1. The molecule has 3 N–H and O–H groups in total. The van der Waals surface area contributed by atoms with E-state index in [1.165, 1.54) is 0 Å². The largest absolute Gasteiger partial charge is 0.454 e. The van der Waals surface area contributed by atoms with E-state index in [-0.39, 0.29) is 12.7 Å². The van der Waals surface area contributed by atoms with E-state index in [2.05, 4.69) is 26.1 Å². The molecule has 0 fully saturated rings. The molecule has 5 heteroatoms. The predicted octanol–water partition coefficient (Wildman–Crippen LogP) is 2.02. The molecule has 1 aliphatic rings. The molecule has 5 nitrogen and oxygen atoms in total. The van der Waals surface area contributed by atoms with Gasteiger partial charge in [0.15, 0.2) is 11.5 Å². The van der Waals surface area contributed by atoms with Crippen LogP contribution >= 0.6 is 0 Å². The summed E-state index contributed by atoms with van der Waals surface area (Å²) in [6.07, 6.45) is 0. The van der Waals surface area contributed by atoms with Gasteiger partial charge in [0.2, 0.25) is 6.79 Å². The molecule has 1 aliphatic heterocycles. The summed E-state index contributed by atoms with van der Waals surface area (Å²) >= 11 is 0. The first-order valence-electron chi connectivity index (χ1n) is 6.46. The number of fused-ring (bicyclic) bond motifs is 1. The zero-order valence-electron chi connectivity index (χ0n) is 11.5. The van der Waals surface area contributed by atoms with E-state index in [9.17, 15) is 4.79 Å². The second-order valence-electron chi connectivity index (χ2n) is 5.22. The van der Waals surface area contributed by atoms with Gasteiger partial charge in [0.25, 0.3) is 5.91 Å². The monoisotopic (exact) mass is 264 g/mol. The number of nitrogens with one attached hydrogen (secondary N) is 1. The molecular weight excluding hydrogens is 244 g/mol. The molecule has 0 bridgehead atoms. The van der Waals surface area contributed by atoms with Gasteiger partial charge in [-0.3, -0.25) is 4.79 Å². The molecule has 0 aliphatic carbocycles. The summed E-state index contributed by atoms with van der Waals surface area (Å²) in [7, 11) is 0. The van der Waals surface area contributed by atoms with Gasteiger partial charge in [-0.15, -0.1) is 0 Å². The van der Waals surface area contributed by atoms with E-state index in [0.717, 1.165) is 0 Å². The number of amides is 1. The first-order valence-corrected chi connectivity index (χ1v) is 6.46. The molecule has 0 radical (unpaired) electrons. The lowest BCUT2D eigenvalue weighted by Crippen LogP contribution is -2.30. The quantitative estimate of drug-likeness (QED) is 0.816. The highest BCUT2D eigenvalue weighted by Gasteiger charge is 2.20. The Morgan fingerprint density at radius 2 is 1.95 bits per heavy atom. The summed E-state index contributed by atoms with van der Waals surface area (Å²) in [6, 6.07) is 3.26. The van der Waals surface area contributed by atoms with E-state index in [4.69, 9.17) is 15.2 Å².